The molecule has 142 valence electrons. The first-order valence-corrected chi connectivity index (χ1v) is 8.66. The number of halogens is 3. The lowest BCUT2D eigenvalue weighted by Gasteiger charge is -2.35. The van der Waals surface area contributed by atoms with Crippen LogP contribution in [0.5, 0.6) is 0 Å². The maximum absolute atomic E-state index is 13.0. The molecule has 0 unspecified atom stereocenters. The first-order valence-electron chi connectivity index (χ1n) is 8.66. The molecule has 0 aliphatic carbocycles. The zero-order valence-electron chi connectivity index (χ0n) is 15.2. The third-order valence-electron chi connectivity index (χ3n) is 4.90. The zero-order chi connectivity index (χ0) is 19.6. The van der Waals surface area contributed by atoms with Crippen LogP contribution in [0.3, 0.4) is 0 Å². The Kier molecular flexibility index (Phi) is 5.33. The van der Waals surface area contributed by atoms with Gasteiger partial charge in [0.05, 0.1) is 11.3 Å². The number of nitriles is 1. The molecule has 1 aromatic carbocycles. The summed E-state index contributed by atoms with van der Waals surface area (Å²) in [6.45, 7) is 1.93. The predicted molar refractivity (Wildman–Crippen MR) is 96.1 cm³/mol. The van der Waals surface area contributed by atoms with Crippen LogP contribution in [-0.2, 0) is 6.18 Å². The van der Waals surface area contributed by atoms with Gasteiger partial charge in [-0.25, -0.2) is 9.97 Å². The third kappa shape index (κ3) is 4.37. The van der Waals surface area contributed by atoms with Crippen molar-refractivity contribution in [3.63, 3.8) is 0 Å². The van der Waals surface area contributed by atoms with Crippen molar-refractivity contribution in [2.75, 3.05) is 32.1 Å². The summed E-state index contributed by atoms with van der Waals surface area (Å²) in [5, 5.41) is 9.26. The van der Waals surface area contributed by atoms with Gasteiger partial charge in [0.1, 0.15) is 11.9 Å². The van der Waals surface area contributed by atoms with Crippen molar-refractivity contribution in [2.45, 2.75) is 25.1 Å². The smallest absolute Gasteiger partial charge is 0.356 e. The highest BCUT2D eigenvalue weighted by molar-refractivity contribution is 5.64. The second kappa shape index (κ2) is 7.53. The minimum Gasteiger partial charge on any atom is -0.356 e. The minimum atomic E-state index is -4.44. The molecule has 0 saturated carbocycles. The van der Waals surface area contributed by atoms with E-state index in [1.165, 1.54) is 6.07 Å². The molecule has 1 aromatic heterocycles. The lowest BCUT2D eigenvalue weighted by Crippen LogP contribution is -2.42. The van der Waals surface area contributed by atoms with Crippen LogP contribution in [0.25, 0.3) is 11.3 Å². The number of likely N-dealkylation sites (tertiary alicyclic amines) is 1. The number of hydrogen-bond acceptors (Lipinski definition) is 5. The number of hydrogen-bond donors (Lipinski definition) is 0. The number of benzene rings is 1. The number of nitrogens with zero attached hydrogens (tertiary/aromatic N) is 5. The van der Waals surface area contributed by atoms with E-state index in [0.717, 1.165) is 38.1 Å². The van der Waals surface area contributed by atoms with Gasteiger partial charge in [0.2, 0.25) is 5.82 Å². The van der Waals surface area contributed by atoms with Crippen LogP contribution >= 0.6 is 0 Å². The normalized spacial score (nSPS) is 16.1. The van der Waals surface area contributed by atoms with Crippen molar-refractivity contribution < 1.29 is 13.2 Å². The molecule has 0 N–H and O–H groups in total. The lowest BCUT2D eigenvalue weighted by atomic mass is 10.0. The van der Waals surface area contributed by atoms with E-state index in [1.54, 1.807) is 12.1 Å². The Labute approximate surface area is 156 Å². The summed E-state index contributed by atoms with van der Waals surface area (Å²) in [4.78, 5) is 12.6. The lowest BCUT2D eigenvalue weighted by molar-refractivity contribution is -0.137. The summed E-state index contributed by atoms with van der Waals surface area (Å²) >= 11 is 0. The number of piperidine rings is 1. The second-order valence-corrected chi connectivity index (χ2v) is 6.77. The Morgan fingerprint density at radius 1 is 1.19 bits per heavy atom. The molecule has 0 bridgehead atoms. The van der Waals surface area contributed by atoms with E-state index < -0.39 is 11.7 Å². The Balaban J connectivity index is 1.96. The highest BCUT2D eigenvalue weighted by Crippen LogP contribution is 2.32. The molecule has 2 aromatic rings. The fourth-order valence-electron chi connectivity index (χ4n) is 3.24. The van der Waals surface area contributed by atoms with E-state index in [0.29, 0.717) is 17.1 Å². The van der Waals surface area contributed by atoms with Gasteiger partial charge >= 0.3 is 6.18 Å². The SMILES string of the molecule is CN1CCC(N(C)c2cc(-c3cccc(C(F)(F)F)c3)nc(C#N)n2)CC1. The Hall–Kier alpha value is -2.66. The molecule has 3 rings (SSSR count). The van der Waals surface area contributed by atoms with E-state index in [2.05, 4.69) is 21.9 Å². The van der Waals surface area contributed by atoms with Crippen LogP contribution in [-0.4, -0.2) is 48.1 Å². The molecule has 0 amide bonds. The number of alkyl halides is 3. The van der Waals surface area contributed by atoms with Gasteiger partial charge < -0.3 is 9.80 Å². The molecule has 8 heteroatoms. The Bertz CT molecular complexity index is 851. The van der Waals surface area contributed by atoms with Crippen LogP contribution in [0.15, 0.2) is 30.3 Å². The number of rotatable bonds is 3. The Morgan fingerprint density at radius 3 is 2.52 bits per heavy atom. The maximum Gasteiger partial charge on any atom is 0.416 e. The van der Waals surface area contributed by atoms with Crippen molar-refractivity contribution in [2.24, 2.45) is 0 Å². The summed E-state index contributed by atoms with van der Waals surface area (Å²) < 4.78 is 39.0. The van der Waals surface area contributed by atoms with Gasteiger partial charge in [-0.15, -0.1) is 0 Å². The fraction of sp³-hybridized carbons (Fsp3) is 0.421. The van der Waals surface area contributed by atoms with Gasteiger partial charge in [0.25, 0.3) is 0 Å². The molecule has 0 radical (unpaired) electrons. The fourth-order valence-corrected chi connectivity index (χ4v) is 3.24. The number of anilines is 1. The molecule has 1 fully saturated rings. The standard InChI is InChI=1S/C19H20F3N5/c1-26-8-6-15(7-9-26)27(2)18-11-16(24-17(12-23)25-18)13-4-3-5-14(10-13)19(20,21)22/h3-5,10-11,15H,6-9H2,1-2H3. The van der Waals surface area contributed by atoms with Crippen LogP contribution in [0.1, 0.15) is 24.2 Å². The van der Waals surface area contributed by atoms with Gasteiger partial charge in [0, 0.05) is 24.7 Å². The first-order chi connectivity index (χ1) is 12.8. The molecule has 27 heavy (non-hydrogen) atoms. The van der Waals surface area contributed by atoms with Crippen molar-refractivity contribution in [1.29, 1.82) is 5.26 Å². The van der Waals surface area contributed by atoms with Gasteiger partial charge in [-0.1, -0.05) is 12.1 Å². The molecule has 0 atom stereocenters. The average molecular weight is 375 g/mol. The second-order valence-electron chi connectivity index (χ2n) is 6.77. The van der Waals surface area contributed by atoms with Crippen molar-refractivity contribution in [3.05, 3.63) is 41.7 Å². The van der Waals surface area contributed by atoms with E-state index in [1.807, 2.05) is 18.0 Å². The average Bonchev–Trinajstić information content (AvgIpc) is 2.67. The van der Waals surface area contributed by atoms with Crippen LogP contribution in [0.4, 0.5) is 19.0 Å². The summed E-state index contributed by atoms with van der Waals surface area (Å²) in [5.41, 5.74) is -0.133. The van der Waals surface area contributed by atoms with E-state index in [4.69, 9.17) is 0 Å². The summed E-state index contributed by atoms with van der Waals surface area (Å²) in [7, 11) is 3.97. The summed E-state index contributed by atoms with van der Waals surface area (Å²) in [5.74, 6) is 0.489. The molecule has 1 saturated heterocycles. The largest absolute Gasteiger partial charge is 0.416 e. The van der Waals surface area contributed by atoms with E-state index in [9.17, 15) is 18.4 Å². The van der Waals surface area contributed by atoms with Gasteiger partial charge in [-0.05, 0) is 45.1 Å². The molecular weight excluding hydrogens is 355 g/mol. The van der Waals surface area contributed by atoms with Crippen molar-refractivity contribution in [1.82, 2.24) is 14.9 Å². The molecule has 1 aliphatic heterocycles. The predicted octanol–water partition coefficient (Wildman–Crippen LogP) is 3.56. The molecule has 0 spiro atoms. The van der Waals surface area contributed by atoms with Gasteiger partial charge in [0.15, 0.2) is 0 Å². The molecule has 2 heterocycles. The summed E-state index contributed by atoms with van der Waals surface area (Å²) in [6.07, 6.45) is -2.52. The minimum absolute atomic E-state index is 0.0558. The van der Waals surface area contributed by atoms with Crippen LogP contribution < -0.4 is 4.90 Å². The van der Waals surface area contributed by atoms with Crippen LogP contribution in [0.2, 0.25) is 0 Å². The zero-order valence-corrected chi connectivity index (χ0v) is 15.2. The summed E-state index contributed by atoms with van der Waals surface area (Å²) in [6, 6.07) is 8.77. The molecule has 1 aliphatic rings. The highest BCUT2D eigenvalue weighted by Gasteiger charge is 2.30. The number of aromatic nitrogens is 2. The van der Waals surface area contributed by atoms with E-state index >= 15 is 0 Å². The van der Waals surface area contributed by atoms with Gasteiger partial charge in [-0.2, -0.15) is 18.4 Å². The Morgan fingerprint density at radius 2 is 1.89 bits per heavy atom. The van der Waals surface area contributed by atoms with E-state index in [-0.39, 0.29) is 11.9 Å². The first kappa shape index (κ1) is 19.1. The maximum atomic E-state index is 13.0. The van der Waals surface area contributed by atoms with Gasteiger partial charge in [-0.3, -0.25) is 0 Å². The van der Waals surface area contributed by atoms with Crippen molar-refractivity contribution >= 4 is 5.82 Å². The topological polar surface area (TPSA) is 56.0 Å². The molecule has 5 nitrogen and oxygen atoms in total. The quantitative estimate of drug-likeness (QED) is 0.821. The van der Waals surface area contributed by atoms with Crippen molar-refractivity contribution in [3.8, 4) is 17.3 Å². The molecular formula is C19H20F3N5. The highest BCUT2D eigenvalue weighted by atomic mass is 19.4. The third-order valence-corrected chi connectivity index (χ3v) is 4.90. The monoisotopic (exact) mass is 375 g/mol. The van der Waals surface area contributed by atoms with Crippen LogP contribution in [0, 0.1) is 11.3 Å².